The Kier molecular flexibility index (Phi) is 3.60. The molecule has 2 fully saturated rings. The molecule has 3 aliphatic carbocycles. The van der Waals surface area contributed by atoms with Crippen molar-refractivity contribution in [1.29, 1.82) is 0 Å². The first-order chi connectivity index (χ1) is 17.0. The van der Waals surface area contributed by atoms with E-state index in [1.807, 2.05) is 6.07 Å². The number of ether oxygens (including phenoxy) is 1. The fourth-order valence-corrected chi connectivity index (χ4v) is 9.40. The maximum Gasteiger partial charge on any atom is 0.166 e. The van der Waals surface area contributed by atoms with Crippen LogP contribution in [0.5, 0.6) is 11.5 Å². The van der Waals surface area contributed by atoms with Crippen LogP contribution in [0.25, 0.3) is 10.9 Å². The molecular formula is C29H29BrN2O3. The van der Waals surface area contributed by atoms with Crippen LogP contribution in [0.1, 0.15) is 59.7 Å². The molecule has 3 aromatic rings. The van der Waals surface area contributed by atoms with Crippen LogP contribution in [0.2, 0.25) is 0 Å². The lowest BCUT2D eigenvalue weighted by Crippen LogP contribution is -2.74. The van der Waals surface area contributed by atoms with Gasteiger partial charge >= 0.3 is 0 Å². The molecule has 1 saturated carbocycles. The molecule has 0 unspecified atom stereocenters. The maximum absolute atomic E-state index is 13.0. The Balaban J connectivity index is 1.36. The molecule has 4 atom stereocenters. The van der Waals surface area contributed by atoms with Crippen molar-refractivity contribution in [2.45, 2.75) is 74.7 Å². The number of aryl methyl sites for hydroxylation is 2. The van der Waals surface area contributed by atoms with E-state index in [1.165, 1.54) is 50.6 Å². The molecule has 6 heteroatoms. The Morgan fingerprint density at radius 2 is 2.00 bits per heavy atom. The predicted molar refractivity (Wildman–Crippen MR) is 136 cm³/mol. The van der Waals surface area contributed by atoms with E-state index in [2.05, 4.69) is 43.6 Å². The summed E-state index contributed by atoms with van der Waals surface area (Å²) in [6.07, 6.45) is 6.92. The van der Waals surface area contributed by atoms with Crippen molar-refractivity contribution in [3.63, 3.8) is 0 Å². The van der Waals surface area contributed by atoms with Gasteiger partial charge in [-0.25, -0.2) is 0 Å². The predicted octanol–water partition coefficient (Wildman–Crippen LogP) is 4.75. The molecule has 180 valence electrons. The van der Waals surface area contributed by atoms with Gasteiger partial charge in [0.15, 0.2) is 17.6 Å². The Hall–Kier alpha value is -2.02. The lowest BCUT2D eigenvalue weighted by atomic mass is 9.49. The molecule has 9 rings (SSSR count). The van der Waals surface area contributed by atoms with Crippen LogP contribution in [0.3, 0.4) is 0 Å². The Morgan fingerprint density at radius 1 is 1.11 bits per heavy atom. The number of fused-ring (bicyclic) bond motifs is 4. The minimum atomic E-state index is -0.912. The van der Waals surface area contributed by atoms with E-state index in [1.54, 1.807) is 0 Å². The lowest BCUT2D eigenvalue weighted by Gasteiger charge is -2.63. The van der Waals surface area contributed by atoms with E-state index < -0.39 is 11.0 Å². The smallest absolute Gasteiger partial charge is 0.166 e. The average molecular weight is 533 g/mol. The fourth-order valence-electron chi connectivity index (χ4n) is 8.88. The molecule has 3 aliphatic heterocycles. The van der Waals surface area contributed by atoms with Crippen LogP contribution in [0.15, 0.2) is 28.7 Å². The Bertz CT molecular complexity index is 1470. The second kappa shape index (κ2) is 6.27. The van der Waals surface area contributed by atoms with Crippen LogP contribution in [-0.2, 0) is 31.2 Å². The van der Waals surface area contributed by atoms with Gasteiger partial charge in [-0.2, -0.15) is 0 Å². The number of hydrogen-bond acceptors (Lipinski definition) is 4. The zero-order chi connectivity index (χ0) is 23.3. The minimum Gasteiger partial charge on any atom is -0.504 e. The van der Waals surface area contributed by atoms with Gasteiger partial charge in [0.25, 0.3) is 0 Å². The van der Waals surface area contributed by atoms with Crippen molar-refractivity contribution in [3.05, 3.63) is 56.7 Å². The second-order valence-electron chi connectivity index (χ2n) is 12.0. The molecule has 2 bridgehead atoms. The highest BCUT2D eigenvalue weighted by Crippen LogP contribution is 2.69. The van der Waals surface area contributed by atoms with Crippen molar-refractivity contribution in [2.75, 3.05) is 13.1 Å². The number of aromatic nitrogens is 1. The average Bonchev–Trinajstić information content (AvgIpc) is 3.51. The highest BCUT2D eigenvalue weighted by molar-refractivity contribution is 9.10. The van der Waals surface area contributed by atoms with Gasteiger partial charge in [0.05, 0.1) is 22.2 Å². The van der Waals surface area contributed by atoms with Crippen LogP contribution >= 0.6 is 15.9 Å². The van der Waals surface area contributed by atoms with Gasteiger partial charge in [-0.3, -0.25) is 4.90 Å². The van der Waals surface area contributed by atoms with Crippen LogP contribution < -0.4 is 4.74 Å². The van der Waals surface area contributed by atoms with E-state index in [4.69, 9.17) is 4.74 Å². The first kappa shape index (κ1) is 20.1. The summed E-state index contributed by atoms with van der Waals surface area (Å²) < 4.78 is 10.5. The number of piperidine rings is 1. The number of likely N-dealkylation sites (tertiary alicyclic amines) is 1. The van der Waals surface area contributed by atoms with Crippen molar-refractivity contribution in [2.24, 2.45) is 5.92 Å². The topological polar surface area (TPSA) is 57.9 Å². The van der Waals surface area contributed by atoms with Gasteiger partial charge in [-0.05, 0) is 79.8 Å². The Morgan fingerprint density at radius 3 is 2.86 bits per heavy atom. The standard InChI is InChI=1S/C29H29BrN2O3/c30-20-7-6-17-19-13-29(34)22-12-16-5-8-21(33)26-23(16)28(29,9-11-31(22)14-15-3-4-15)27(35-26)25(19)32-10-1-2-18(20)24(17)32/h5-8,15,22,27,33-34H,1-4,9-14H2/t22-,27+,28+,29-/m1/s1. The number of rotatable bonds is 2. The van der Waals surface area contributed by atoms with Crippen LogP contribution in [-0.4, -0.2) is 44.4 Å². The Labute approximate surface area is 212 Å². The molecule has 2 aromatic carbocycles. The summed E-state index contributed by atoms with van der Waals surface area (Å²) in [7, 11) is 0. The second-order valence-corrected chi connectivity index (χ2v) is 12.8. The number of phenols is 1. The van der Waals surface area contributed by atoms with Gasteiger partial charge in [0, 0.05) is 41.0 Å². The molecule has 0 amide bonds. The molecule has 2 N–H and O–H groups in total. The summed E-state index contributed by atoms with van der Waals surface area (Å²) in [5.74, 6) is 1.63. The molecule has 1 aromatic heterocycles. The molecule has 5 nitrogen and oxygen atoms in total. The summed E-state index contributed by atoms with van der Waals surface area (Å²) in [4.78, 5) is 2.61. The third-order valence-electron chi connectivity index (χ3n) is 10.4. The number of phenolic OH excluding ortho intramolecular Hbond substituents is 1. The van der Waals surface area contributed by atoms with Gasteiger partial charge in [-0.1, -0.05) is 28.1 Å². The van der Waals surface area contributed by atoms with Gasteiger partial charge in [-0.15, -0.1) is 0 Å². The number of hydrogen-bond donors (Lipinski definition) is 2. The summed E-state index contributed by atoms with van der Waals surface area (Å²) in [6.45, 7) is 3.07. The largest absolute Gasteiger partial charge is 0.504 e. The van der Waals surface area contributed by atoms with Gasteiger partial charge in [0.2, 0.25) is 0 Å². The summed E-state index contributed by atoms with van der Waals surface area (Å²) in [6, 6.07) is 8.42. The van der Waals surface area contributed by atoms with Crippen LogP contribution in [0.4, 0.5) is 0 Å². The van der Waals surface area contributed by atoms with E-state index in [0.29, 0.717) is 12.2 Å². The number of halogens is 1. The van der Waals surface area contributed by atoms with Gasteiger partial charge in [0.1, 0.15) is 0 Å². The fraction of sp³-hybridized carbons (Fsp3) is 0.517. The van der Waals surface area contributed by atoms with Crippen LogP contribution in [0, 0.1) is 5.92 Å². The van der Waals surface area contributed by atoms with Crippen molar-refractivity contribution >= 4 is 26.8 Å². The SMILES string of the molecule is Oc1ccc2c3c1O[C@H]1c4c(c5ccc(Br)c6c5n4CCC6)C[C@@]4(O)[C@@H](C2)N(CC2CC2)CC[C@]314. The molecule has 0 radical (unpaired) electrons. The number of aromatic hydroxyl groups is 1. The van der Waals surface area contributed by atoms with Crippen molar-refractivity contribution in [1.82, 2.24) is 9.47 Å². The summed E-state index contributed by atoms with van der Waals surface area (Å²) in [5.41, 5.74) is 6.18. The molecule has 4 heterocycles. The third-order valence-corrected chi connectivity index (χ3v) is 11.2. The van der Waals surface area contributed by atoms with Crippen molar-refractivity contribution < 1.29 is 14.9 Å². The quantitative estimate of drug-likeness (QED) is 0.499. The number of nitrogens with zero attached hydrogens (tertiary/aromatic N) is 2. The lowest BCUT2D eigenvalue weighted by molar-refractivity contribution is -0.173. The maximum atomic E-state index is 13.0. The summed E-state index contributed by atoms with van der Waals surface area (Å²) in [5, 5.41) is 25.2. The molecule has 35 heavy (non-hydrogen) atoms. The number of benzene rings is 2. The zero-order valence-corrected chi connectivity index (χ0v) is 21.3. The molecule has 1 spiro atoms. The van der Waals surface area contributed by atoms with E-state index in [0.717, 1.165) is 56.8 Å². The number of aliphatic hydroxyl groups is 1. The molecular weight excluding hydrogens is 504 g/mol. The molecule has 6 aliphatic rings. The van der Waals surface area contributed by atoms with Gasteiger partial charge < -0.3 is 19.5 Å². The molecule has 1 saturated heterocycles. The first-order valence-corrected chi connectivity index (χ1v) is 14.1. The minimum absolute atomic E-state index is 0.0811. The monoisotopic (exact) mass is 532 g/mol. The highest BCUT2D eigenvalue weighted by atomic mass is 79.9. The normalized spacial score (nSPS) is 34.0. The highest BCUT2D eigenvalue weighted by Gasteiger charge is 2.73. The zero-order valence-electron chi connectivity index (χ0n) is 19.7. The third kappa shape index (κ3) is 2.17. The van der Waals surface area contributed by atoms with E-state index in [9.17, 15) is 10.2 Å². The first-order valence-electron chi connectivity index (χ1n) is 13.3. The van der Waals surface area contributed by atoms with E-state index in [-0.39, 0.29) is 17.9 Å². The van der Waals surface area contributed by atoms with Crippen molar-refractivity contribution in [3.8, 4) is 11.5 Å². The summed E-state index contributed by atoms with van der Waals surface area (Å²) >= 11 is 3.82. The van der Waals surface area contributed by atoms with E-state index >= 15 is 0 Å².